The molecule has 2 heterocycles. The topological polar surface area (TPSA) is 56.6 Å². The van der Waals surface area contributed by atoms with Gasteiger partial charge in [0.2, 0.25) is 0 Å². The van der Waals surface area contributed by atoms with E-state index in [2.05, 4.69) is 9.88 Å². The van der Waals surface area contributed by atoms with Crippen LogP contribution in [0.1, 0.15) is 48.9 Å². The van der Waals surface area contributed by atoms with E-state index in [1.165, 1.54) is 6.42 Å². The first kappa shape index (κ1) is 14.8. The monoisotopic (exact) mass is 290 g/mol. The number of pyridine rings is 1. The Bertz CT molecular complexity index is 532. The van der Waals surface area contributed by atoms with Crippen LogP contribution >= 0.6 is 0 Å². The Morgan fingerprint density at radius 2 is 2.14 bits per heavy atom. The van der Waals surface area contributed by atoms with Crippen molar-refractivity contribution in [2.45, 2.75) is 58.2 Å². The summed E-state index contributed by atoms with van der Waals surface area (Å²) in [5.74, 6) is 1.26. The molecule has 1 aliphatic carbocycles. The highest BCUT2D eigenvalue weighted by Crippen LogP contribution is 2.41. The van der Waals surface area contributed by atoms with E-state index >= 15 is 0 Å². The first-order valence-corrected chi connectivity index (χ1v) is 8.09. The molecule has 21 heavy (non-hydrogen) atoms. The minimum absolute atomic E-state index is 0.0277. The molecule has 1 aromatic rings. The Hall–Kier alpha value is -1.13. The van der Waals surface area contributed by atoms with Crippen LogP contribution < -0.4 is 4.90 Å². The number of aliphatic hydroxyl groups excluding tert-OH is 1. The van der Waals surface area contributed by atoms with E-state index in [0.29, 0.717) is 5.92 Å². The number of anilines is 1. The van der Waals surface area contributed by atoms with Crippen LogP contribution in [0.4, 0.5) is 5.82 Å². The summed E-state index contributed by atoms with van der Waals surface area (Å²) in [6.07, 6.45) is 5.23. The molecule has 0 bridgehead atoms. The quantitative estimate of drug-likeness (QED) is 0.877. The summed E-state index contributed by atoms with van der Waals surface area (Å²) in [7, 11) is 0. The fourth-order valence-corrected chi connectivity index (χ4v) is 4.06. The van der Waals surface area contributed by atoms with Crippen LogP contribution in [0.15, 0.2) is 6.07 Å². The predicted molar refractivity (Wildman–Crippen MR) is 83.4 cm³/mol. The molecule has 2 unspecified atom stereocenters. The van der Waals surface area contributed by atoms with E-state index in [1.54, 1.807) is 0 Å². The van der Waals surface area contributed by atoms with Crippen molar-refractivity contribution in [3.8, 4) is 0 Å². The number of rotatable bonds is 2. The van der Waals surface area contributed by atoms with E-state index in [1.807, 2.05) is 19.9 Å². The van der Waals surface area contributed by atoms with Crippen molar-refractivity contribution in [2.24, 2.45) is 5.92 Å². The molecule has 0 aromatic carbocycles. The lowest BCUT2D eigenvalue weighted by Gasteiger charge is -2.48. The summed E-state index contributed by atoms with van der Waals surface area (Å²) in [6.45, 7) is 5.75. The van der Waals surface area contributed by atoms with Gasteiger partial charge in [0.25, 0.3) is 0 Å². The molecule has 2 atom stereocenters. The van der Waals surface area contributed by atoms with Crippen LogP contribution in [0.3, 0.4) is 0 Å². The highest BCUT2D eigenvalue weighted by molar-refractivity contribution is 5.52. The molecule has 2 N–H and O–H groups in total. The first-order chi connectivity index (χ1) is 10.0. The summed E-state index contributed by atoms with van der Waals surface area (Å²) in [4.78, 5) is 6.95. The van der Waals surface area contributed by atoms with Gasteiger partial charge in [-0.3, -0.25) is 0 Å². The Labute approximate surface area is 126 Å². The van der Waals surface area contributed by atoms with Gasteiger partial charge in [-0.05, 0) is 44.7 Å². The average molecular weight is 290 g/mol. The number of aliphatic hydroxyl groups is 2. The third kappa shape index (κ3) is 2.67. The molecule has 1 aliphatic heterocycles. The fraction of sp³-hybridized carbons (Fsp3) is 0.706. The number of hydrogen-bond acceptors (Lipinski definition) is 4. The molecular weight excluding hydrogens is 264 g/mol. The molecule has 3 rings (SSSR count). The van der Waals surface area contributed by atoms with Crippen LogP contribution in [0.25, 0.3) is 0 Å². The van der Waals surface area contributed by atoms with E-state index in [0.717, 1.165) is 61.4 Å². The maximum Gasteiger partial charge on any atom is 0.134 e. The fourth-order valence-electron chi connectivity index (χ4n) is 4.06. The van der Waals surface area contributed by atoms with Crippen LogP contribution in [-0.4, -0.2) is 33.9 Å². The molecular formula is C17H26N2O2. The first-order valence-electron chi connectivity index (χ1n) is 8.09. The van der Waals surface area contributed by atoms with Crippen LogP contribution in [0.2, 0.25) is 0 Å². The second kappa shape index (κ2) is 5.58. The summed E-state index contributed by atoms with van der Waals surface area (Å²) < 4.78 is 0. The van der Waals surface area contributed by atoms with Gasteiger partial charge >= 0.3 is 0 Å². The molecule has 1 aromatic heterocycles. The molecule has 1 saturated heterocycles. The van der Waals surface area contributed by atoms with Crippen molar-refractivity contribution in [3.63, 3.8) is 0 Å². The van der Waals surface area contributed by atoms with Crippen LogP contribution in [0.5, 0.6) is 0 Å². The Morgan fingerprint density at radius 1 is 1.33 bits per heavy atom. The van der Waals surface area contributed by atoms with Crippen molar-refractivity contribution >= 4 is 5.82 Å². The zero-order valence-electron chi connectivity index (χ0n) is 13.1. The minimum atomic E-state index is -0.465. The normalized spacial score (nSPS) is 29.3. The van der Waals surface area contributed by atoms with Gasteiger partial charge in [0.1, 0.15) is 5.82 Å². The smallest absolute Gasteiger partial charge is 0.134 e. The van der Waals surface area contributed by atoms with Gasteiger partial charge in [0.15, 0.2) is 0 Å². The lowest BCUT2D eigenvalue weighted by molar-refractivity contribution is -0.0614. The van der Waals surface area contributed by atoms with Gasteiger partial charge in [-0.15, -0.1) is 0 Å². The van der Waals surface area contributed by atoms with Crippen molar-refractivity contribution in [2.75, 3.05) is 18.0 Å². The van der Waals surface area contributed by atoms with Gasteiger partial charge in [-0.2, -0.15) is 0 Å². The number of aryl methyl sites for hydroxylation is 2. The van der Waals surface area contributed by atoms with E-state index in [-0.39, 0.29) is 6.61 Å². The van der Waals surface area contributed by atoms with Crippen molar-refractivity contribution in [1.29, 1.82) is 0 Å². The molecule has 4 heteroatoms. The molecule has 0 spiro atoms. The lowest BCUT2D eigenvalue weighted by atomic mass is 9.71. The molecule has 1 saturated carbocycles. The van der Waals surface area contributed by atoms with Crippen molar-refractivity contribution in [1.82, 2.24) is 4.98 Å². The van der Waals surface area contributed by atoms with E-state index < -0.39 is 5.60 Å². The number of piperidine rings is 1. The second-order valence-electron chi connectivity index (χ2n) is 6.78. The number of aromatic nitrogens is 1. The maximum atomic E-state index is 10.8. The number of fused-ring (bicyclic) bond motifs is 1. The second-order valence-corrected chi connectivity index (χ2v) is 6.78. The van der Waals surface area contributed by atoms with Gasteiger partial charge in [0.05, 0.1) is 12.2 Å². The largest absolute Gasteiger partial charge is 0.392 e. The van der Waals surface area contributed by atoms with Gasteiger partial charge in [0, 0.05) is 30.3 Å². The summed E-state index contributed by atoms with van der Waals surface area (Å²) in [5, 5.41) is 20.5. The van der Waals surface area contributed by atoms with Crippen LogP contribution in [0, 0.1) is 19.8 Å². The Morgan fingerprint density at radius 3 is 2.90 bits per heavy atom. The average Bonchev–Trinajstić information content (AvgIpc) is 2.45. The van der Waals surface area contributed by atoms with Gasteiger partial charge < -0.3 is 15.1 Å². The molecule has 2 aliphatic rings. The molecule has 2 fully saturated rings. The number of hydrogen-bond donors (Lipinski definition) is 2. The molecule has 0 amide bonds. The third-order valence-corrected chi connectivity index (χ3v) is 5.34. The van der Waals surface area contributed by atoms with Gasteiger partial charge in [-0.1, -0.05) is 12.8 Å². The Balaban J connectivity index is 1.89. The van der Waals surface area contributed by atoms with E-state index in [9.17, 15) is 10.2 Å². The predicted octanol–water partition coefficient (Wildman–Crippen LogP) is 2.32. The molecule has 116 valence electrons. The Kier molecular flexibility index (Phi) is 3.93. The van der Waals surface area contributed by atoms with Crippen LogP contribution in [-0.2, 0) is 6.61 Å². The molecule has 4 nitrogen and oxygen atoms in total. The number of nitrogens with zero attached hydrogens (tertiary/aromatic N) is 2. The third-order valence-electron chi connectivity index (χ3n) is 5.34. The molecule has 0 radical (unpaired) electrons. The van der Waals surface area contributed by atoms with Crippen molar-refractivity contribution in [3.05, 3.63) is 22.9 Å². The standard InChI is InChI=1S/C17H26N2O2/c1-12-9-13(2)18-16(15(12)11-20)19-8-7-17(21)6-4-3-5-14(17)10-19/h9,14,20-21H,3-8,10-11H2,1-2H3. The van der Waals surface area contributed by atoms with Crippen molar-refractivity contribution < 1.29 is 10.2 Å². The lowest BCUT2D eigenvalue weighted by Crippen LogP contribution is -2.53. The highest BCUT2D eigenvalue weighted by atomic mass is 16.3. The maximum absolute atomic E-state index is 10.8. The zero-order chi connectivity index (χ0) is 15.0. The zero-order valence-corrected chi connectivity index (χ0v) is 13.1. The highest BCUT2D eigenvalue weighted by Gasteiger charge is 2.43. The SMILES string of the molecule is Cc1cc(C)c(CO)c(N2CCC3(O)CCCCC3C2)n1. The summed E-state index contributed by atoms with van der Waals surface area (Å²) >= 11 is 0. The minimum Gasteiger partial charge on any atom is -0.392 e. The summed E-state index contributed by atoms with van der Waals surface area (Å²) in [6, 6.07) is 2.02. The van der Waals surface area contributed by atoms with E-state index in [4.69, 9.17) is 0 Å². The van der Waals surface area contributed by atoms with Gasteiger partial charge in [-0.25, -0.2) is 4.98 Å². The summed E-state index contributed by atoms with van der Waals surface area (Å²) in [5.41, 5.74) is 2.56.